The molecule has 0 radical (unpaired) electrons. The zero-order valence-corrected chi connectivity index (χ0v) is 9.42. The molecular weight excluding hydrogens is 228 g/mol. The summed E-state index contributed by atoms with van der Waals surface area (Å²) in [5, 5.41) is 10.1. The van der Waals surface area contributed by atoms with Gasteiger partial charge in [0.1, 0.15) is 5.82 Å². The van der Waals surface area contributed by atoms with E-state index in [1.54, 1.807) is 24.5 Å². The largest absolute Gasteiger partial charge is 0.307 e. The van der Waals surface area contributed by atoms with E-state index in [2.05, 4.69) is 20.5 Å². The lowest BCUT2D eigenvalue weighted by atomic mass is 10.1. The SMILES string of the molecule is O=C(Nc1ccn[nH]1)c1ccc2ncccc2c1. The first-order valence-electron chi connectivity index (χ1n) is 5.48. The number of aromatic amines is 1. The Morgan fingerprint density at radius 2 is 2.11 bits per heavy atom. The molecular formula is C13H10N4O. The van der Waals surface area contributed by atoms with Crippen LogP contribution in [0, 0.1) is 0 Å². The van der Waals surface area contributed by atoms with Crippen LogP contribution in [-0.2, 0) is 0 Å². The molecule has 1 amide bonds. The summed E-state index contributed by atoms with van der Waals surface area (Å²) in [6.07, 6.45) is 3.31. The van der Waals surface area contributed by atoms with Crippen molar-refractivity contribution in [1.29, 1.82) is 0 Å². The van der Waals surface area contributed by atoms with Crippen molar-refractivity contribution in [2.45, 2.75) is 0 Å². The van der Waals surface area contributed by atoms with Crippen LogP contribution >= 0.6 is 0 Å². The van der Waals surface area contributed by atoms with Crippen molar-refractivity contribution in [1.82, 2.24) is 15.2 Å². The number of nitrogens with zero attached hydrogens (tertiary/aromatic N) is 2. The molecule has 0 bridgehead atoms. The summed E-state index contributed by atoms with van der Waals surface area (Å²) in [5.41, 5.74) is 1.46. The van der Waals surface area contributed by atoms with Crippen molar-refractivity contribution in [3.8, 4) is 0 Å². The van der Waals surface area contributed by atoms with Crippen LogP contribution < -0.4 is 5.32 Å². The van der Waals surface area contributed by atoms with Gasteiger partial charge in [-0.3, -0.25) is 14.9 Å². The van der Waals surface area contributed by atoms with Gasteiger partial charge in [-0.1, -0.05) is 6.07 Å². The standard InChI is InChI=1S/C13H10N4O/c18-13(16-12-5-7-15-17-12)10-3-4-11-9(8-10)2-1-6-14-11/h1-8H,(H2,15,16,17,18). The lowest BCUT2D eigenvalue weighted by molar-refractivity contribution is 0.102. The van der Waals surface area contributed by atoms with E-state index in [9.17, 15) is 4.79 Å². The van der Waals surface area contributed by atoms with Crippen molar-refractivity contribution >= 4 is 22.6 Å². The van der Waals surface area contributed by atoms with Gasteiger partial charge in [0, 0.05) is 23.2 Å². The third-order valence-corrected chi connectivity index (χ3v) is 2.61. The number of anilines is 1. The molecule has 2 N–H and O–H groups in total. The highest BCUT2D eigenvalue weighted by Gasteiger charge is 2.07. The van der Waals surface area contributed by atoms with Crippen molar-refractivity contribution < 1.29 is 4.79 Å². The molecule has 3 aromatic rings. The van der Waals surface area contributed by atoms with Gasteiger partial charge < -0.3 is 5.32 Å². The molecule has 5 heteroatoms. The first-order valence-corrected chi connectivity index (χ1v) is 5.48. The van der Waals surface area contributed by atoms with E-state index < -0.39 is 0 Å². The molecule has 0 saturated heterocycles. The minimum atomic E-state index is -0.176. The third-order valence-electron chi connectivity index (χ3n) is 2.61. The molecule has 0 atom stereocenters. The van der Waals surface area contributed by atoms with Gasteiger partial charge in [0.25, 0.3) is 5.91 Å². The van der Waals surface area contributed by atoms with Crippen LogP contribution in [0.15, 0.2) is 48.8 Å². The minimum absolute atomic E-state index is 0.176. The number of hydrogen-bond donors (Lipinski definition) is 2. The number of pyridine rings is 1. The van der Waals surface area contributed by atoms with Crippen molar-refractivity contribution in [3.63, 3.8) is 0 Å². The summed E-state index contributed by atoms with van der Waals surface area (Å²) in [4.78, 5) is 16.2. The molecule has 0 aliphatic rings. The Balaban J connectivity index is 1.92. The number of rotatable bonds is 2. The minimum Gasteiger partial charge on any atom is -0.307 e. The van der Waals surface area contributed by atoms with E-state index in [1.807, 2.05) is 24.3 Å². The van der Waals surface area contributed by atoms with Crippen molar-refractivity contribution in [2.75, 3.05) is 5.32 Å². The summed E-state index contributed by atoms with van der Waals surface area (Å²) >= 11 is 0. The number of H-pyrrole nitrogens is 1. The summed E-state index contributed by atoms with van der Waals surface area (Å²) in [5.74, 6) is 0.399. The molecule has 2 aromatic heterocycles. The van der Waals surface area contributed by atoms with Gasteiger partial charge in [-0.05, 0) is 24.3 Å². The Bertz CT molecular complexity index is 691. The summed E-state index contributed by atoms with van der Waals surface area (Å²) in [6, 6.07) is 10.9. The van der Waals surface area contributed by atoms with E-state index >= 15 is 0 Å². The van der Waals surface area contributed by atoms with Crippen LogP contribution in [0.3, 0.4) is 0 Å². The van der Waals surface area contributed by atoms with Gasteiger partial charge in [-0.2, -0.15) is 5.10 Å². The normalized spacial score (nSPS) is 10.4. The number of fused-ring (bicyclic) bond motifs is 1. The molecule has 88 valence electrons. The lowest BCUT2D eigenvalue weighted by Crippen LogP contribution is -2.12. The fourth-order valence-electron chi connectivity index (χ4n) is 1.74. The molecule has 0 saturated carbocycles. The Hall–Kier alpha value is -2.69. The first kappa shape index (κ1) is 10.5. The molecule has 0 unspecified atom stereocenters. The monoisotopic (exact) mass is 238 g/mol. The van der Waals surface area contributed by atoms with Crippen LogP contribution in [0.5, 0.6) is 0 Å². The van der Waals surface area contributed by atoms with E-state index in [-0.39, 0.29) is 5.91 Å². The molecule has 1 aromatic carbocycles. The number of carbonyl (C=O) groups is 1. The second kappa shape index (κ2) is 4.29. The predicted molar refractivity (Wildman–Crippen MR) is 68.3 cm³/mol. The molecule has 0 aliphatic carbocycles. The van der Waals surface area contributed by atoms with Gasteiger partial charge in [0.2, 0.25) is 0 Å². The number of nitrogens with one attached hydrogen (secondary N) is 2. The average Bonchev–Trinajstić information content (AvgIpc) is 2.91. The summed E-state index contributed by atoms with van der Waals surface area (Å²) in [6.45, 7) is 0. The Morgan fingerprint density at radius 3 is 2.94 bits per heavy atom. The molecule has 2 heterocycles. The fourth-order valence-corrected chi connectivity index (χ4v) is 1.74. The smallest absolute Gasteiger partial charge is 0.256 e. The molecule has 18 heavy (non-hydrogen) atoms. The van der Waals surface area contributed by atoms with Crippen LogP contribution in [0.4, 0.5) is 5.82 Å². The summed E-state index contributed by atoms with van der Waals surface area (Å²) in [7, 11) is 0. The van der Waals surface area contributed by atoms with E-state index in [0.717, 1.165) is 10.9 Å². The quantitative estimate of drug-likeness (QED) is 0.719. The van der Waals surface area contributed by atoms with Crippen molar-refractivity contribution in [3.05, 3.63) is 54.4 Å². The Labute approximate surface area is 103 Å². The highest BCUT2D eigenvalue weighted by atomic mass is 16.1. The van der Waals surface area contributed by atoms with Crippen LogP contribution in [0.25, 0.3) is 10.9 Å². The zero-order chi connectivity index (χ0) is 12.4. The second-order valence-corrected chi connectivity index (χ2v) is 3.84. The van der Waals surface area contributed by atoms with Crippen LogP contribution in [0.2, 0.25) is 0 Å². The zero-order valence-electron chi connectivity index (χ0n) is 9.42. The molecule has 0 spiro atoms. The maximum absolute atomic E-state index is 12.0. The van der Waals surface area contributed by atoms with E-state index in [1.165, 1.54) is 0 Å². The molecule has 5 nitrogen and oxygen atoms in total. The number of amides is 1. The number of hydrogen-bond acceptors (Lipinski definition) is 3. The summed E-state index contributed by atoms with van der Waals surface area (Å²) < 4.78 is 0. The number of benzene rings is 1. The number of carbonyl (C=O) groups excluding carboxylic acids is 1. The van der Waals surface area contributed by atoms with E-state index in [4.69, 9.17) is 0 Å². The van der Waals surface area contributed by atoms with Crippen LogP contribution in [-0.4, -0.2) is 21.1 Å². The first-order chi connectivity index (χ1) is 8.83. The third kappa shape index (κ3) is 1.93. The van der Waals surface area contributed by atoms with Gasteiger partial charge >= 0.3 is 0 Å². The Morgan fingerprint density at radius 1 is 1.17 bits per heavy atom. The lowest BCUT2D eigenvalue weighted by Gasteiger charge is -2.03. The van der Waals surface area contributed by atoms with E-state index in [0.29, 0.717) is 11.4 Å². The highest BCUT2D eigenvalue weighted by molar-refractivity contribution is 6.05. The molecule has 0 fully saturated rings. The van der Waals surface area contributed by atoms with Gasteiger partial charge in [-0.25, -0.2) is 0 Å². The Kier molecular flexibility index (Phi) is 2.49. The number of aromatic nitrogens is 3. The van der Waals surface area contributed by atoms with Gasteiger partial charge in [0.15, 0.2) is 0 Å². The van der Waals surface area contributed by atoms with Gasteiger partial charge in [0.05, 0.1) is 11.7 Å². The van der Waals surface area contributed by atoms with Crippen molar-refractivity contribution in [2.24, 2.45) is 0 Å². The maximum atomic E-state index is 12.0. The highest BCUT2D eigenvalue weighted by Crippen LogP contribution is 2.14. The maximum Gasteiger partial charge on any atom is 0.256 e. The second-order valence-electron chi connectivity index (χ2n) is 3.84. The molecule has 0 aliphatic heterocycles. The molecule has 3 rings (SSSR count). The topological polar surface area (TPSA) is 70.7 Å². The van der Waals surface area contributed by atoms with Crippen LogP contribution in [0.1, 0.15) is 10.4 Å². The fraction of sp³-hybridized carbons (Fsp3) is 0. The van der Waals surface area contributed by atoms with Gasteiger partial charge in [-0.15, -0.1) is 0 Å². The predicted octanol–water partition coefficient (Wildman–Crippen LogP) is 2.21. The average molecular weight is 238 g/mol.